The van der Waals surface area contributed by atoms with Crippen LogP contribution in [0, 0.1) is 0 Å². The molecule has 0 saturated carbocycles. The van der Waals surface area contributed by atoms with Crippen LogP contribution in [0.4, 0.5) is 13.2 Å². The van der Waals surface area contributed by atoms with Gasteiger partial charge in [-0.3, -0.25) is 0 Å². The van der Waals surface area contributed by atoms with Crippen molar-refractivity contribution in [1.29, 1.82) is 0 Å². The summed E-state index contributed by atoms with van der Waals surface area (Å²) in [5.41, 5.74) is -1.44. The largest absolute Gasteiger partial charge is 0.493 e. The molecule has 0 bridgehead atoms. The predicted octanol–water partition coefficient (Wildman–Crippen LogP) is 3.18. The molecule has 1 unspecified atom stereocenters. The van der Waals surface area contributed by atoms with Gasteiger partial charge in [0.15, 0.2) is 11.5 Å². The molecule has 20 heavy (non-hydrogen) atoms. The minimum atomic E-state index is -4.34. The first-order valence-corrected chi connectivity index (χ1v) is 6.30. The molecular formula is C14H20F3NO2. The molecular weight excluding hydrogens is 271 g/mol. The van der Waals surface area contributed by atoms with Gasteiger partial charge in [-0.05, 0) is 37.6 Å². The van der Waals surface area contributed by atoms with E-state index in [9.17, 15) is 13.2 Å². The van der Waals surface area contributed by atoms with Gasteiger partial charge in [-0.25, -0.2) is 0 Å². The van der Waals surface area contributed by atoms with E-state index in [0.717, 1.165) is 6.92 Å². The summed E-state index contributed by atoms with van der Waals surface area (Å²) in [7, 11) is 2.94. The Morgan fingerprint density at radius 1 is 1.10 bits per heavy atom. The fraction of sp³-hybridized carbons (Fsp3) is 0.571. The average molecular weight is 291 g/mol. The smallest absolute Gasteiger partial charge is 0.406 e. The number of methoxy groups -OCH3 is 2. The number of benzene rings is 1. The highest BCUT2D eigenvalue weighted by Gasteiger charge is 2.50. The molecule has 0 aliphatic rings. The van der Waals surface area contributed by atoms with Crippen LogP contribution in [0.15, 0.2) is 18.2 Å². The number of hydrogen-bond donors (Lipinski definition) is 1. The van der Waals surface area contributed by atoms with Crippen molar-refractivity contribution in [2.75, 3.05) is 20.8 Å². The molecule has 0 amide bonds. The quantitative estimate of drug-likeness (QED) is 0.873. The van der Waals surface area contributed by atoms with Gasteiger partial charge in [-0.2, -0.15) is 13.2 Å². The second kappa shape index (κ2) is 6.35. The van der Waals surface area contributed by atoms with Crippen LogP contribution in [0.1, 0.15) is 19.4 Å². The number of likely N-dealkylation sites (N-methyl/N-ethyl adjacent to an activating group) is 1. The van der Waals surface area contributed by atoms with E-state index in [4.69, 9.17) is 9.47 Å². The first kappa shape index (κ1) is 16.6. The molecule has 0 radical (unpaired) electrons. The molecule has 0 saturated heterocycles. The third-order valence-corrected chi connectivity index (χ3v) is 3.20. The fourth-order valence-corrected chi connectivity index (χ4v) is 2.05. The summed E-state index contributed by atoms with van der Waals surface area (Å²) in [5, 5.41) is 2.52. The maximum atomic E-state index is 13.2. The van der Waals surface area contributed by atoms with Gasteiger partial charge < -0.3 is 14.8 Å². The normalized spacial score (nSPS) is 14.8. The van der Waals surface area contributed by atoms with E-state index < -0.39 is 11.7 Å². The number of hydrogen-bond acceptors (Lipinski definition) is 3. The van der Waals surface area contributed by atoms with Crippen LogP contribution in [-0.4, -0.2) is 32.5 Å². The zero-order chi connectivity index (χ0) is 15.4. The van der Waals surface area contributed by atoms with Gasteiger partial charge in [0.05, 0.1) is 14.2 Å². The number of halogens is 3. The summed E-state index contributed by atoms with van der Waals surface area (Å²) < 4.78 is 49.7. The van der Waals surface area contributed by atoms with Crippen LogP contribution < -0.4 is 14.8 Å². The van der Waals surface area contributed by atoms with Gasteiger partial charge in [0.25, 0.3) is 0 Å². The topological polar surface area (TPSA) is 30.5 Å². The van der Waals surface area contributed by atoms with Crippen molar-refractivity contribution in [3.8, 4) is 11.5 Å². The standard InChI is InChI=1S/C14H20F3NO2/c1-5-18-13(2,14(15,16)17)9-10-6-7-11(19-3)12(8-10)20-4/h6-8,18H,5,9H2,1-4H3. The maximum Gasteiger partial charge on any atom is 0.406 e. The van der Waals surface area contributed by atoms with Gasteiger partial charge in [0.2, 0.25) is 0 Å². The summed E-state index contributed by atoms with van der Waals surface area (Å²) in [6.07, 6.45) is -4.51. The van der Waals surface area contributed by atoms with E-state index in [1.807, 2.05) is 0 Å². The SMILES string of the molecule is CCNC(C)(Cc1ccc(OC)c(OC)c1)C(F)(F)F. The Morgan fingerprint density at radius 2 is 1.70 bits per heavy atom. The molecule has 0 spiro atoms. The van der Waals surface area contributed by atoms with Gasteiger partial charge in [0.1, 0.15) is 5.54 Å². The summed E-state index contributed by atoms with van der Waals surface area (Å²) in [6, 6.07) is 4.79. The first-order valence-electron chi connectivity index (χ1n) is 6.30. The van der Waals surface area contributed by atoms with Crippen molar-refractivity contribution in [3.05, 3.63) is 23.8 Å². The Kier molecular flexibility index (Phi) is 5.28. The Labute approximate surface area is 117 Å². The number of ether oxygens (including phenoxy) is 2. The summed E-state index contributed by atoms with van der Waals surface area (Å²) in [6.45, 7) is 3.05. The lowest BCUT2D eigenvalue weighted by Gasteiger charge is -2.33. The average Bonchev–Trinajstić information content (AvgIpc) is 2.37. The lowest BCUT2D eigenvalue weighted by Crippen LogP contribution is -2.55. The van der Waals surface area contributed by atoms with Crippen LogP contribution in [0.3, 0.4) is 0 Å². The molecule has 0 heterocycles. The molecule has 1 aromatic rings. The highest BCUT2D eigenvalue weighted by atomic mass is 19.4. The number of alkyl halides is 3. The summed E-state index contributed by atoms with van der Waals surface area (Å²) in [5.74, 6) is 0.916. The lowest BCUT2D eigenvalue weighted by atomic mass is 9.91. The molecule has 1 aromatic carbocycles. The van der Waals surface area contributed by atoms with Crippen LogP contribution in [0.5, 0.6) is 11.5 Å². The van der Waals surface area contributed by atoms with Crippen molar-refractivity contribution < 1.29 is 22.6 Å². The molecule has 0 aromatic heterocycles. The van der Waals surface area contributed by atoms with Crippen molar-refractivity contribution >= 4 is 0 Å². The summed E-state index contributed by atoms with van der Waals surface area (Å²) in [4.78, 5) is 0. The fourth-order valence-electron chi connectivity index (χ4n) is 2.05. The van der Waals surface area contributed by atoms with Gasteiger partial charge in [0, 0.05) is 0 Å². The van der Waals surface area contributed by atoms with Gasteiger partial charge in [-0.15, -0.1) is 0 Å². The maximum absolute atomic E-state index is 13.2. The second-order valence-electron chi connectivity index (χ2n) is 4.73. The highest BCUT2D eigenvalue weighted by molar-refractivity contribution is 5.43. The third kappa shape index (κ3) is 3.56. The van der Waals surface area contributed by atoms with Crippen molar-refractivity contribution in [1.82, 2.24) is 5.32 Å². The Balaban J connectivity index is 3.06. The van der Waals surface area contributed by atoms with Gasteiger partial charge in [-0.1, -0.05) is 13.0 Å². The second-order valence-corrected chi connectivity index (χ2v) is 4.73. The van der Waals surface area contributed by atoms with E-state index in [-0.39, 0.29) is 13.0 Å². The molecule has 0 aliphatic heterocycles. The van der Waals surface area contributed by atoms with E-state index in [1.54, 1.807) is 25.1 Å². The molecule has 0 fully saturated rings. The molecule has 3 nitrogen and oxygen atoms in total. The third-order valence-electron chi connectivity index (χ3n) is 3.20. The van der Waals surface area contributed by atoms with Crippen LogP contribution in [0.25, 0.3) is 0 Å². The van der Waals surface area contributed by atoms with Crippen molar-refractivity contribution in [2.24, 2.45) is 0 Å². The Morgan fingerprint density at radius 3 is 2.15 bits per heavy atom. The Bertz CT molecular complexity index is 449. The number of rotatable bonds is 6. The number of nitrogens with one attached hydrogen (secondary N) is 1. The van der Waals surface area contributed by atoms with Gasteiger partial charge >= 0.3 is 6.18 Å². The molecule has 0 aliphatic carbocycles. The van der Waals surface area contributed by atoms with E-state index in [2.05, 4.69) is 5.32 Å². The summed E-state index contributed by atoms with van der Waals surface area (Å²) >= 11 is 0. The molecule has 1 rings (SSSR count). The first-order chi connectivity index (χ1) is 9.27. The van der Waals surface area contributed by atoms with Crippen LogP contribution in [-0.2, 0) is 6.42 Å². The monoisotopic (exact) mass is 291 g/mol. The zero-order valence-electron chi connectivity index (χ0n) is 12.1. The molecule has 114 valence electrons. The van der Waals surface area contributed by atoms with E-state index in [1.165, 1.54) is 14.2 Å². The minimum Gasteiger partial charge on any atom is -0.493 e. The van der Waals surface area contributed by atoms with Crippen molar-refractivity contribution in [2.45, 2.75) is 32.0 Å². The van der Waals surface area contributed by atoms with E-state index in [0.29, 0.717) is 17.1 Å². The Hall–Kier alpha value is -1.43. The van der Waals surface area contributed by atoms with E-state index >= 15 is 0 Å². The molecule has 1 atom stereocenters. The highest BCUT2D eigenvalue weighted by Crippen LogP contribution is 2.35. The van der Waals surface area contributed by atoms with Crippen LogP contribution in [0.2, 0.25) is 0 Å². The predicted molar refractivity (Wildman–Crippen MR) is 71.4 cm³/mol. The molecule has 1 N–H and O–H groups in total. The zero-order valence-corrected chi connectivity index (χ0v) is 12.1. The van der Waals surface area contributed by atoms with Crippen molar-refractivity contribution in [3.63, 3.8) is 0 Å². The molecule has 6 heteroatoms. The lowest BCUT2D eigenvalue weighted by molar-refractivity contribution is -0.190. The minimum absolute atomic E-state index is 0.176. The van der Waals surface area contributed by atoms with Crippen LogP contribution >= 0.6 is 0 Å².